The lowest BCUT2D eigenvalue weighted by Gasteiger charge is -2.24. The summed E-state index contributed by atoms with van der Waals surface area (Å²) in [6, 6.07) is 8.80. The molecule has 2 heterocycles. The van der Waals surface area contributed by atoms with Gasteiger partial charge in [-0.3, -0.25) is 9.59 Å². The molecule has 0 radical (unpaired) electrons. The van der Waals surface area contributed by atoms with Gasteiger partial charge in [0.2, 0.25) is 5.91 Å². The van der Waals surface area contributed by atoms with Crippen LogP contribution in [0.15, 0.2) is 42.5 Å². The van der Waals surface area contributed by atoms with Crippen LogP contribution in [0.5, 0.6) is 0 Å². The van der Waals surface area contributed by atoms with Gasteiger partial charge in [0.15, 0.2) is 0 Å². The molecule has 2 aromatic rings. The van der Waals surface area contributed by atoms with Crippen LogP contribution in [-0.2, 0) is 4.79 Å². The van der Waals surface area contributed by atoms with Gasteiger partial charge in [-0.2, -0.15) is 0 Å². The number of benzene rings is 2. The maximum Gasteiger partial charge on any atom is 0.322 e. The largest absolute Gasteiger partial charge is 0.391 e. The van der Waals surface area contributed by atoms with E-state index < -0.39 is 29.9 Å². The number of likely N-dealkylation sites (tertiary alicyclic amines) is 2. The van der Waals surface area contributed by atoms with E-state index in [0.29, 0.717) is 23.8 Å². The van der Waals surface area contributed by atoms with Crippen molar-refractivity contribution in [3.63, 3.8) is 0 Å². The Kier molecular flexibility index (Phi) is 6.80. The molecule has 4 rings (SSSR count). The minimum absolute atomic E-state index is 0.0209. The first-order valence-corrected chi connectivity index (χ1v) is 11.1. The molecule has 2 saturated heterocycles. The normalized spacial score (nSPS) is 20.1. The number of aliphatic hydroxyl groups excluding tert-OH is 1. The van der Waals surface area contributed by atoms with Crippen molar-refractivity contribution in [2.45, 2.75) is 31.4 Å². The van der Waals surface area contributed by atoms with Gasteiger partial charge in [0, 0.05) is 42.3 Å². The number of carbonyl (C=O) groups excluding carboxylic acids is 3. The summed E-state index contributed by atoms with van der Waals surface area (Å²) >= 11 is 5.85. The SMILES string of the molecule is O=C(Nc1ccc(C(=O)N2CCCC2)cc1F)C1CC(O)CN1C(=O)Nc1ccc(Cl)cc1. The average molecular weight is 475 g/mol. The first-order valence-electron chi connectivity index (χ1n) is 10.7. The van der Waals surface area contributed by atoms with Crippen LogP contribution in [0.3, 0.4) is 0 Å². The van der Waals surface area contributed by atoms with Gasteiger partial charge >= 0.3 is 6.03 Å². The quantitative estimate of drug-likeness (QED) is 0.632. The van der Waals surface area contributed by atoms with E-state index in [1.807, 2.05) is 0 Å². The molecule has 2 aromatic carbocycles. The summed E-state index contributed by atoms with van der Waals surface area (Å²) in [6.07, 6.45) is 0.990. The van der Waals surface area contributed by atoms with Crippen LogP contribution in [0.2, 0.25) is 5.02 Å². The zero-order valence-electron chi connectivity index (χ0n) is 17.8. The lowest BCUT2D eigenvalue weighted by atomic mass is 10.1. The van der Waals surface area contributed by atoms with Gasteiger partial charge in [0.05, 0.1) is 11.8 Å². The molecule has 0 saturated carbocycles. The van der Waals surface area contributed by atoms with Crippen molar-refractivity contribution in [3.05, 3.63) is 58.9 Å². The third-order valence-electron chi connectivity index (χ3n) is 5.81. The molecule has 10 heteroatoms. The highest BCUT2D eigenvalue weighted by molar-refractivity contribution is 6.30. The third kappa shape index (κ3) is 5.26. The smallest absolute Gasteiger partial charge is 0.322 e. The zero-order chi connectivity index (χ0) is 23.5. The Morgan fingerprint density at radius 3 is 2.39 bits per heavy atom. The van der Waals surface area contributed by atoms with Gasteiger partial charge in [-0.15, -0.1) is 0 Å². The summed E-state index contributed by atoms with van der Waals surface area (Å²) in [5.41, 5.74) is 0.597. The number of hydrogen-bond donors (Lipinski definition) is 3. The fourth-order valence-corrected chi connectivity index (χ4v) is 4.21. The van der Waals surface area contributed by atoms with Gasteiger partial charge in [0.1, 0.15) is 11.9 Å². The number of nitrogens with zero attached hydrogens (tertiary/aromatic N) is 2. The number of rotatable bonds is 4. The van der Waals surface area contributed by atoms with Crippen molar-refractivity contribution in [2.75, 3.05) is 30.3 Å². The molecule has 2 aliphatic rings. The maximum atomic E-state index is 14.7. The first-order chi connectivity index (χ1) is 15.8. The number of urea groups is 1. The fraction of sp³-hybridized carbons (Fsp3) is 0.348. The molecule has 2 unspecified atom stereocenters. The molecule has 2 atom stereocenters. The summed E-state index contributed by atoms with van der Waals surface area (Å²) in [7, 11) is 0. The maximum absolute atomic E-state index is 14.7. The Balaban J connectivity index is 1.43. The second kappa shape index (κ2) is 9.76. The second-order valence-corrected chi connectivity index (χ2v) is 8.61. The van der Waals surface area contributed by atoms with E-state index in [0.717, 1.165) is 18.9 Å². The van der Waals surface area contributed by atoms with E-state index in [1.54, 1.807) is 29.2 Å². The Morgan fingerprint density at radius 2 is 1.73 bits per heavy atom. The number of carbonyl (C=O) groups is 3. The van der Waals surface area contributed by atoms with Crippen LogP contribution in [0.1, 0.15) is 29.6 Å². The van der Waals surface area contributed by atoms with Crippen molar-refractivity contribution < 1.29 is 23.9 Å². The molecule has 4 amide bonds. The lowest BCUT2D eigenvalue weighted by Crippen LogP contribution is -2.45. The van der Waals surface area contributed by atoms with Crippen molar-refractivity contribution >= 4 is 40.8 Å². The Hall–Kier alpha value is -3.17. The highest BCUT2D eigenvalue weighted by Gasteiger charge is 2.39. The first kappa shape index (κ1) is 23.0. The number of anilines is 2. The van der Waals surface area contributed by atoms with Crippen molar-refractivity contribution in [1.82, 2.24) is 9.80 Å². The molecule has 0 bridgehead atoms. The highest BCUT2D eigenvalue weighted by Crippen LogP contribution is 2.24. The molecule has 3 N–H and O–H groups in total. The van der Waals surface area contributed by atoms with E-state index in [2.05, 4.69) is 10.6 Å². The minimum Gasteiger partial charge on any atom is -0.391 e. The van der Waals surface area contributed by atoms with Gasteiger partial charge < -0.3 is 25.5 Å². The van der Waals surface area contributed by atoms with Gasteiger partial charge in [-0.25, -0.2) is 9.18 Å². The fourth-order valence-electron chi connectivity index (χ4n) is 4.08. The number of amides is 4. The minimum atomic E-state index is -0.988. The molecule has 0 aromatic heterocycles. The van der Waals surface area contributed by atoms with Crippen molar-refractivity contribution in [3.8, 4) is 0 Å². The van der Waals surface area contributed by atoms with Crippen LogP contribution in [-0.4, -0.2) is 64.5 Å². The Morgan fingerprint density at radius 1 is 1.03 bits per heavy atom. The third-order valence-corrected chi connectivity index (χ3v) is 6.06. The standard InChI is InChI=1S/C23H24ClFN4O4/c24-15-4-6-16(7-5-15)26-23(33)29-13-17(30)12-20(29)21(31)27-19-8-3-14(11-18(19)25)22(32)28-9-1-2-10-28/h3-8,11,17,20,30H,1-2,9-10,12-13H2,(H,26,33)(H,27,31). The van der Waals surface area contributed by atoms with Crippen LogP contribution in [0.25, 0.3) is 0 Å². The summed E-state index contributed by atoms with van der Waals surface area (Å²) in [5.74, 6) is -1.62. The topological polar surface area (TPSA) is 102 Å². The van der Waals surface area contributed by atoms with Gasteiger partial charge in [0.25, 0.3) is 5.91 Å². The van der Waals surface area contributed by atoms with Gasteiger partial charge in [-0.1, -0.05) is 11.6 Å². The van der Waals surface area contributed by atoms with E-state index in [4.69, 9.17) is 11.6 Å². The average Bonchev–Trinajstić information content (AvgIpc) is 3.46. The van der Waals surface area contributed by atoms with E-state index in [-0.39, 0.29) is 30.1 Å². The number of aliphatic hydroxyl groups is 1. The molecular weight excluding hydrogens is 451 g/mol. The molecule has 2 aliphatic heterocycles. The summed E-state index contributed by atoms with van der Waals surface area (Å²) < 4.78 is 14.7. The molecule has 33 heavy (non-hydrogen) atoms. The predicted molar refractivity (Wildman–Crippen MR) is 122 cm³/mol. The number of nitrogens with one attached hydrogen (secondary N) is 2. The van der Waals surface area contributed by atoms with Gasteiger partial charge in [-0.05, 0) is 55.3 Å². The predicted octanol–water partition coefficient (Wildman–Crippen LogP) is 3.32. The number of hydrogen-bond acceptors (Lipinski definition) is 4. The molecule has 8 nitrogen and oxygen atoms in total. The summed E-state index contributed by atoms with van der Waals surface area (Å²) in [6.45, 7) is 1.26. The molecule has 0 spiro atoms. The molecule has 174 valence electrons. The van der Waals surface area contributed by atoms with Crippen LogP contribution in [0, 0.1) is 5.82 Å². The van der Waals surface area contributed by atoms with E-state index in [1.165, 1.54) is 17.0 Å². The molecule has 2 fully saturated rings. The van der Waals surface area contributed by atoms with Crippen molar-refractivity contribution in [2.24, 2.45) is 0 Å². The van der Waals surface area contributed by atoms with E-state index >= 15 is 0 Å². The van der Waals surface area contributed by atoms with E-state index in [9.17, 15) is 23.9 Å². The summed E-state index contributed by atoms with van der Waals surface area (Å²) in [4.78, 5) is 40.9. The zero-order valence-corrected chi connectivity index (χ0v) is 18.5. The second-order valence-electron chi connectivity index (χ2n) is 8.18. The monoisotopic (exact) mass is 474 g/mol. The van der Waals surface area contributed by atoms with Crippen LogP contribution >= 0.6 is 11.6 Å². The molecule has 0 aliphatic carbocycles. The van der Waals surface area contributed by atoms with Crippen molar-refractivity contribution in [1.29, 1.82) is 0 Å². The number of β-amino-alcohol motifs (C(OH)–C–C–N with tert-alkyl or cyclic N) is 1. The lowest BCUT2D eigenvalue weighted by molar-refractivity contribution is -0.119. The van der Waals surface area contributed by atoms with Crippen LogP contribution < -0.4 is 10.6 Å². The molecular formula is C23H24ClFN4O4. The Labute approximate surface area is 195 Å². The summed E-state index contributed by atoms with van der Waals surface area (Å²) in [5, 5.41) is 15.7. The number of halogens is 2. The van der Waals surface area contributed by atoms with Crippen LogP contribution in [0.4, 0.5) is 20.6 Å². The highest BCUT2D eigenvalue weighted by atomic mass is 35.5. The Bertz CT molecular complexity index is 1060.